The van der Waals surface area contributed by atoms with Crippen LogP contribution in [-0.4, -0.2) is 78.0 Å². The Labute approximate surface area is 139 Å². The van der Waals surface area contributed by atoms with Gasteiger partial charge in [-0.05, 0) is 27.2 Å². The van der Waals surface area contributed by atoms with Crippen LogP contribution in [0.2, 0.25) is 0 Å². The number of hydrogen-bond acceptors (Lipinski definition) is 8. The number of carboxylic acids is 1. The Balaban J connectivity index is 2.29. The molecule has 9 heteroatoms. The molecule has 2 fully saturated rings. The molecule has 0 bridgehead atoms. The van der Waals surface area contributed by atoms with E-state index in [2.05, 4.69) is 5.32 Å². The van der Waals surface area contributed by atoms with Gasteiger partial charge in [0.15, 0.2) is 5.79 Å². The minimum atomic E-state index is -1.85. The maximum absolute atomic E-state index is 11.8. The SMILES string of the molecule is CNC[C@@H](O)[C@H]1OC(OCSC)(C(=O)O)C[C@H]2OC(C)(C)O[C@@H]12. The van der Waals surface area contributed by atoms with Crippen molar-refractivity contribution in [2.24, 2.45) is 0 Å². The zero-order valence-corrected chi connectivity index (χ0v) is 14.6. The Kier molecular flexibility index (Phi) is 5.94. The zero-order valence-electron chi connectivity index (χ0n) is 13.8. The topological polar surface area (TPSA) is 106 Å². The highest BCUT2D eigenvalue weighted by molar-refractivity contribution is 7.98. The average Bonchev–Trinajstić information content (AvgIpc) is 2.77. The van der Waals surface area contributed by atoms with Crippen molar-refractivity contribution in [3.8, 4) is 0 Å². The van der Waals surface area contributed by atoms with Gasteiger partial charge in [-0.2, -0.15) is 0 Å². The Morgan fingerprint density at radius 3 is 2.70 bits per heavy atom. The molecule has 2 aliphatic heterocycles. The van der Waals surface area contributed by atoms with E-state index in [0.29, 0.717) is 0 Å². The van der Waals surface area contributed by atoms with E-state index in [-0.39, 0.29) is 18.9 Å². The van der Waals surface area contributed by atoms with Gasteiger partial charge in [-0.15, -0.1) is 11.8 Å². The van der Waals surface area contributed by atoms with Crippen molar-refractivity contribution in [3.05, 3.63) is 0 Å². The van der Waals surface area contributed by atoms with Gasteiger partial charge in [-0.3, -0.25) is 0 Å². The summed E-state index contributed by atoms with van der Waals surface area (Å²) in [5.41, 5.74) is 0. The zero-order chi connectivity index (χ0) is 17.3. The van der Waals surface area contributed by atoms with Crippen molar-refractivity contribution in [1.82, 2.24) is 5.32 Å². The number of likely N-dealkylation sites (N-methyl/N-ethyl adjacent to an activating group) is 1. The highest BCUT2D eigenvalue weighted by Crippen LogP contribution is 2.42. The van der Waals surface area contributed by atoms with E-state index in [9.17, 15) is 15.0 Å². The van der Waals surface area contributed by atoms with Crippen LogP contribution < -0.4 is 5.32 Å². The first-order valence-corrected chi connectivity index (χ1v) is 8.86. The number of aliphatic hydroxyl groups excluding tert-OH is 1. The van der Waals surface area contributed by atoms with Crippen molar-refractivity contribution >= 4 is 17.7 Å². The molecule has 2 aliphatic rings. The minimum Gasteiger partial charge on any atom is -0.477 e. The van der Waals surface area contributed by atoms with Crippen LogP contribution >= 0.6 is 11.8 Å². The van der Waals surface area contributed by atoms with Gasteiger partial charge in [-0.1, -0.05) is 0 Å². The van der Waals surface area contributed by atoms with Crippen LogP contribution in [0.4, 0.5) is 0 Å². The first kappa shape index (κ1) is 18.9. The monoisotopic (exact) mass is 351 g/mol. The number of aliphatic carboxylic acids is 1. The fourth-order valence-electron chi connectivity index (χ4n) is 2.97. The Hall–Kier alpha value is -0.420. The molecule has 8 nitrogen and oxygen atoms in total. The lowest BCUT2D eigenvalue weighted by Crippen LogP contribution is -2.62. The summed E-state index contributed by atoms with van der Waals surface area (Å²) in [7, 11) is 1.69. The molecule has 0 radical (unpaired) electrons. The van der Waals surface area contributed by atoms with Crippen molar-refractivity contribution in [2.45, 2.75) is 56.3 Å². The van der Waals surface area contributed by atoms with Crippen LogP contribution in [0.1, 0.15) is 20.3 Å². The van der Waals surface area contributed by atoms with Gasteiger partial charge >= 0.3 is 5.97 Å². The molecule has 134 valence electrons. The summed E-state index contributed by atoms with van der Waals surface area (Å²) in [4.78, 5) is 11.8. The number of rotatable bonds is 7. The third-order valence-corrected chi connectivity index (χ3v) is 4.22. The number of nitrogens with one attached hydrogen (secondary N) is 1. The second-order valence-electron chi connectivity index (χ2n) is 6.16. The Morgan fingerprint density at radius 2 is 2.13 bits per heavy atom. The van der Waals surface area contributed by atoms with Crippen molar-refractivity contribution in [3.63, 3.8) is 0 Å². The van der Waals surface area contributed by atoms with Gasteiger partial charge in [0.05, 0.1) is 18.1 Å². The first-order chi connectivity index (χ1) is 10.7. The quantitative estimate of drug-likeness (QED) is 0.546. The fourth-order valence-corrected chi connectivity index (χ4v) is 3.28. The van der Waals surface area contributed by atoms with E-state index in [0.717, 1.165) is 0 Å². The molecule has 1 unspecified atom stereocenters. The van der Waals surface area contributed by atoms with Crippen molar-refractivity contribution in [2.75, 3.05) is 25.8 Å². The van der Waals surface area contributed by atoms with Crippen LogP contribution in [0.3, 0.4) is 0 Å². The second-order valence-corrected chi connectivity index (χ2v) is 6.97. The average molecular weight is 351 g/mol. The normalized spacial score (nSPS) is 37.3. The largest absolute Gasteiger partial charge is 0.477 e. The van der Waals surface area contributed by atoms with Gasteiger partial charge in [-0.25, -0.2) is 4.79 Å². The van der Waals surface area contributed by atoms with Gasteiger partial charge in [0, 0.05) is 13.0 Å². The molecule has 0 saturated carbocycles. The predicted octanol–water partition coefficient (Wildman–Crippen LogP) is -0.00630. The fraction of sp³-hybridized carbons (Fsp3) is 0.929. The van der Waals surface area contributed by atoms with Gasteiger partial charge in [0.1, 0.15) is 12.2 Å². The summed E-state index contributed by atoms with van der Waals surface area (Å²) in [6.45, 7) is 3.73. The molecule has 0 aromatic rings. The number of ether oxygens (including phenoxy) is 4. The minimum absolute atomic E-state index is 0.000235. The molecule has 3 N–H and O–H groups in total. The van der Waals surface area contributed by atoms with Crippen molar-refractivity contribution < 1.29 is 34.0 Å². The maximum Gasteiger partial charge on any atom is 0.364 e. The molecule has 2 saturated heterocycles. The smallest absolute Gasteiger partial charge is 0.364 e. The molecular formula is C14H25NO7S. The third kappa shape index (κ3) is 3.98. The lowest BCUT2D eigenvalue weighted by molar-refractivity contribution is -0.304. The van der Waals surface area contributed by atoms with E-state index in [1.807, 2.05) is 0 Å². The van der Waals surface area contributed by atoms with Crippen molar-refractivity contribution in [1.29, 1.82) is 0 Å². The van der Waals surface area contributed by atoms with E-state index in [1.165, 1.54) is 11.8 Å². The third-order valence-electron chi connectivity index (χ3n) is 3.87. The molecule has 0 amide bonds. The number of aliphatic hydroxyl groups is 1. The Bertz CT molecular complexity index is 435. The summed E-state index contributed by atoms with van der Waals surface area (Å²) in [5, 5.41) is 22.8. The van der Waals surface area contributed by atoms with Crippen LogP contribution in [-0.2, 0) is 23.7 Å². The molecule has 2 heterocycles. The van der Waals surface area contributed by atoms with Crippen LogP contribution in [0, 0.1) is 0 Å². The van der Waals surface area contributed by atoms with E-state index in [4.69, 9.17) is 18.9 Å². The molecule has 0 aromatic heterocycles. The number of carbonyl (C=O) groups is 1. The maximum atomic E-state index is 11.8. The summed E-state index contributed by atoms with van der Waals surface area (Å²) in [6.07, 6.45) is -1.12. The van der Waals surface area contributed by atoms with Gasteiger partial charge in [0.25, 0.3) is 5.79 Å². The highest BCUT2D eigenvalue weighted by atomic mass is 32.2. The molecule has 2 rings (SSSR count). The number of fused-ring (bicyclic) bond motifs is 1. The summed E-state index contributed by atoms with van der Waals surface area (Å²) in [6, 6.07) is 0. The summed E-state index contributed by atoms with van der Waals surface area (Å²) in [5.74, 6) is -3.81. The lowest BCUT2D eigenvalue weighted by atomic mass is 9.92. The Morgan fingerprint density at radius 1 is 1.43 bits per heavy atom. The standard InChI is InChI=1S/C14H25NO7S/c1-13(2)20-9-5-14(12(17)18,19-7-23-4)22-10(11(9)21-13)8(16)6-15-3/h8-11,15-16H,5-7H2,1-4H3,(H,17,18)/t8-,9-,10-,11-,14?/m1/s1. The van der Waals surface area contributed by atoms with Crippen LogP contribution in [0.5, 0.6) is 0 Å². The number of hydrogen-bond donors (Lipinski definition) is 3. The molecule has 0 aliphatic carbocycles. The van der Waals surface area contributed by atoms with Crippen LogP contribution in [0.25, 0.3) is 0 Å². The summed E-state index contributed by atoms with van der Waals surface area (Å²) < 4.78 is 22.9. The number of thioether (sulfide) groups is 1. The van der Waals surface area contributed by atoms with Crippen LogP contribution in [0.15, 0.2) is 0 Å². The molecule has 0 spiro atoms. The molecule has 0 aromatic carbocycles. The highest BCUT2D eigenvalue weighted by Gasteiger charge is 2.60. The van der Waals surface area contributed by atoms with E-state index in [1.54, 1.807) is 27.2 Å². The summed E-state index contributed by atoms with van der Waals surface area (Å²) >= 11 is 1.34. The predicted molar refractivity (Wildman–Crippen MR) is 83.1 cm³/mol. The van der Waals surface area contributed by atoms with E-state index < -0.39 is 42.0 Å². The van der Waals surface area contributed by atoms with Gasteiger partial charge in [0.2, 0.25) is 0 Å². The lowest BCUT2D eigenvalue weighted by Gasteiger charge is -2.43. The molecule has 5 atom stereocenters. The first-order valence-electron chi connectivity index (χ1n) is 7.47. The molecule has 23 heavy (non-hydrogen) atoms. The number of carboxylic acid groups (broad SMARTS) is 1. The van der Waals surface area contributed by atoms with Gasteiger partial charge < -0.3 is 34.5 Å². The molecular weight excluding hydrogens is 326 g/mol. The second kappa shape index (κ2) is 7.22. The van der Waals surface area contributed by atoms with E-state index >= 15 is 0 Å².